The van der Waals surface area contributed by atoms with E-state index in [0.29, 0.717) is 11.8 Å². The van der Waals surface area contributed by atoms with Crippen molar-refractivity contribution in [1.82, 2.24) is 10.3 Å². The van der Waals surface area contributed by atoms with Crippen LogP contribution in [0, 0.1) is 0 Å². The molecule has 5 heteroatoms. The molecule has 0 saturated heterocycles. The minimum Gasteiger partial charge on any atom is -0.480 e. The summed E-state index contributed by atoms with van der Waals surface area (Å²) in [7, 11) is 1.43. The lowest BCUT2D eigenvalue weighted by Crippen LogP contribution is -2.25. The Kier molecular flexibility index (Phi) is 3.60. The van der Waals surface area contributed by atoms with Gasteiger partial charge in [-0.3, -0.25) is 4.79 Å². The standard InChI is InChI=1S/C9H10N2O3/c1-14-9-7(3-2-4-11-9)8(13)10-5-6-12/h2-4,6H,5H2,1H3,(H,10,13). The molecule has 0 aromatic carbocycles. The normalized spacial score (nSPS) is 9.21. The molecule has 0 spiro atoms. The second-order valence-corrected chi connectivity index (χ2v) is 2.44. The number of amides is 1. The summed E-state index contributed by atoms with van der Waals surface area (Å²) >= 11 is 0. The lowest BCUT2D eigenvalue weighted by Gasteiger charge is -2.05. The molecule has 1 aromatic rings. The number of rotatable bonds is 4. The molecule has 74 valence electrons. The Morgan fingerprint density at radius 1 is 1.71 bits per heavy atom. The van der Waals surface area contributed by atoms with Crippen molar-refractivity contribution in [2.24, 2.45) is 0 Å². The molecule has 1 heterocycles. The number of ether oxygens (including phenoxy) is 1. The van der Waals surface area contributed by atoms with Crippen LogP contribution in [0.2, 0.25) is 0 Å². The monoisotopic (exact) mass is 194 g/mol. The van der Waals surface area contributed by atoms with Crippen LogP contribution in [0.1, 0.15) is 10.4 Å². The fraction of sp³-hybridized carbons (Fsp3) is 0.222. The Morgan fingerprint density at radius 2 is 2.50 bits per heavy atom. The summed E-state index contributed by atoms with van der Waals surface area (Å²) in [5.74, 6) is -0.127. The van der Waals surface area contributed by atoms with Gasteiger partial charge >= 0.3 is 0 Å². The summed E-state index contributed by atoms with van der Waals surface area (Å²) in [5.41, 5.74) is 0.317. The second-order valence-electron chi connectivity index (χ2n) is 2.44. The molecule has 0 atom stereocenters. The smallest absolute Gasteiger partial charge is 0.257 e. The van der Waals surface area contributed by atoms with Crippen molar-refractivity contribution in [3.05, 3.63) is 23.9 Å². The number of nitrogens with one attached hydrogen (secondary N) is 1. The molecule has 0 bridgehead atoms. The van der Waals surface area contributed by atoms with Gasteiger partial charge in [-0.25, -0.2) is 4.98 Å². The van der Waals surface area contributed by atoms with Crippen LogP contribution in [-0.2, 0) is 4.79 Å². The van der Waals surface area contributed by atoms with Crippen LogP contribution in [0.15, 0.2) is 18.3 Å². The number of aromatic nitrogens is 1. The largest absolute Gasteiger partial charge is 0.480 e. The Labute approximate surface area is 81.1 Å². The molecule has 1 amide bonds. The number of carbonyl (C=O) groups is 2. The van der Waals surface area contributed by atoms with E-state index in [4.69, 9.17) is 4.74 Å². The molecule has 0 aliphatic carbocycles. The van der Waals surface area contributed by atoms with Crippen molar-refractivity contribution in [3.63, 3.8) is 0 Å². The maximum absolute atomic E-state index is 11.4. The fourth-order valence-electron chi connectivity index (χ4n) is 0.956. The molecular formula is C9H10N2O3. The number of nitrogens with zero attached hydrogens (tertiary/aromatic N) is 1. The fourth-order valence-corrected chi connectivity index (χ4v) is 0.956. The Balaban J connectivity index is 2.82. The number of hydrogen-bond acceptors (Lipinski definition) is 4. The summed E-state index contributed by atoms with van der Waals surface area (Å²) < 4.78 is 4.89. The van der Waals surface area contributed by atoms with Gasteiger partial charge in [-0.1, -0.05) is 0 Å². The zero-order chi connectivity index (χ0) is 10.4. The van der Waals surface area contributed by atoms with E-state index in [2.05, 4.69) is 10.3 Å². The molecule has 0 aliphatic heterocycles. The first-order chi connectivity index (χ1) is 6.79. The first-order valence-electron chi connectivity index (χ1n) is 4.00. The predicted octanol–water partition coefficient (Wildman–Crippen LogP) is 0.0189. The SMILES string of the molecule is COc1ncccc1C(=O)NCC=O. The highest BCUT2D eigenvalue weighted by Crippen LogP contribution is 2.12. The van der Waals surface area contributed by atoms with E-state index in [1.165, 1.54) is 13.3 Å². The Morgan fingerprint density at radius 3 is 3.14 bits per heavy atom. The summed E-state index contributed by atoms with van der Waals surface area (Å²) in [6.45, 7) is -0.0170. The minimum atomic E-state index is -0.373. The van der Waals surface area contributed by atoms with Gasteiger partial charge in [0.1, 0.15) is 11.8 Å². The van der Waals surface area contributed by atoms with E-state index < -0.39 is 0 Å². The van der Waals surface area contributed by atoms with Gasteiger partial charge in [0.05, 0.1) is 13.7 Å². The summed E-state index contributed by atoms with van der Waals surface area (Å²) in [4.78, 5) is 25.3. The second kappa shape index (κ2) is 4.96. The van der Waals surface area contributed by atoms with Crippen molar-refractivity contribution in [3.8, 4) is 5.88 Å². The van der Waals surface area contributed by atoms with E-state index >= 15 is 0 Å². The quantitative estimate of drug-likeness (QED) is 0.686. The maximum atomic E-state index is 11.4. The molecule has 1 rings (SSSR count). The van der Waals surface area contributed by atoms with E-state index in [1.54, 1.807) is 12.1 Å². The topological polar surface area (TPSA) is 68.3 Å². The molecule has 1 N–H and O–H groups in total. The highest BCUT2D eigenvalue weighted by atomic mass is 16.5. The number of pyridine rings is 1. The Bertz CT molecular complexity index is 339. The predicted molar refractivity (Wildman–Crippen MR) is 49.2 cm³/mol. The highest BCUT2D eigenvalue weighted by molar-refractivity contribution is 5.97. The number of methoxy groups -OCH3 is 1. The van der Waals surface area contributed by atoms with E-state index in [0.717, 1.165) is 0 Å². The van der Waals surface area contributed by atoms with Gasteiger partial charge in [0.25, 0.3) is 5.91 Å². The molecule has 5 nitrogen and oxygen atoms in total. The average Bonchev–Trinajstić information content (AvgIpc) is 2.25. The van der Waals surface area contributed by atoms with Crippen molar-refractivity contribution in [2.45, 2.75) is 0 Å². The Hall–Kier alpha value is -1.91. The summed E-state index contributed by atoms with van der Waals surface area (Å²) in [5, 5.41) is 2.40. The van der Waals surface area contributed by atoms with Crippen LogP contribution >= 0.6 is 0 Å². The lowest BCUT2D eigenvalue weighted by molar-refractivity contribution is -0.107. The van der Waals surface area contributed by atoms with Crippen LogP contribution < -0.4 is 10.1 Å². The molecule has 0 radical (unpaired) electrons. The molecule has 0 aliphatic rings. The molecule has 0 unspecified atom stereocenters. The average molecular weight is 194 g/mol. The third-order valence-electron chi connectivity index (χ3n) is 1.56. The zero-order valence-corrected chi connectivity index (χ0v) is 7.69. The van der Waals surface area contributed by atoms with Crippen molar-refractivity contribution >= 4 is 12.2 Å². The van der Waals surface area contributed by atoms with Gasteiger partial charge in [0, 0.05) is 6.20 Å². The molecule has 14 heavy (non-hydrogen) atoms. The van der Waals surface area contributed by atoms with E-state index in [1.807, 2.05) is 0 Å². The lowest BCUT2D eigenvalue weighted by atomic mass is 10.2. The third-order valence-corrected chi connectivity index (χ3v) is 1.56. The van der Waals surface area contributed by atoms with Crippen molar-refractivity contribution < 1.29 is 14.3 Å². The van der Waals surface area contributed by atoms with Crippen LogP contribution in [0.5, 0.6) is 5.88 Å². The van der Waals surface area contributed by atoms with Crippen LogP contribution in [0.3, 0.4) is 0 Å². The van der Waals surface area contributed by atoms with Gasteiger partial charge in [-0.15, -0.1) is 0 Å². The zero-order valence-electron chi connectivity index (χ0n) is 7.69. The molecule has 0 fully saturated rings. The molecular weight excluding hydrogens is 184 g/mol. The molecule has 1 aromatic heterocycles. The van der Waals surface area contributed by atoms with Crippen LogP contribution in [-0.4, -0.2) is 30.8 Å². The maximum Gasteiger partial charge on any atom is 0.257 e. The van der Waals surface area contributed by atoms with Gasteiger partial charge in [0.15, 0.2) is 0 Å². The number of carbonyl (C=O) groups excluding carboxylic acids is 2. The molecule has 0 saturated carbocycles. The highest BCUT2D eigenvalue weighted by Gasteiger charge is 2.11. The van der Waals surface area contributed by atoms with Crippen LogP contribution in [0.25, 0.3) is 0 Å². The van der Waals surface area contributed by atoms with Gasteiger partial charge < -0.3 is 14.8 Å². The first-order valence-corrected chi connectivity index (χ1v) is 4.00. The van der Waals surface area contributed by atoms with Gasteiger partial charge in [-0.2, -0.15) is 0 Å². The van der Waals surface area contributed by atoms with E-state index in [9.17, 15) is 9.59 Å². The summed E-state index contributed by atoms with van der Waals surface area (Å²) in [6, 6.07) is 3.20. The summed E-state index contributed by atoms with van der Waals surface area (Å²) in [6.07, 6.45) is 2.14. The first kappa shape index (κ1) is 10.2. The van der Waals surface area contributed by atoms with Crippen molar-refractivity contribution in [1.29, 1.82) is 0 Å². The number of hydrogen-bond donors (Lipinski definition) is 1. The van der Waals surface area contributed by atoms with Crippen molar-refractivity contribution in [2.75, 3.05) is 13.7 Å². The minimum absolute atomic E-state index is 0.0170. The third kappa shape index (κ3) is 2.29. The number of aldehydes is 1. The van der Waals surface area contributed by atoms with Crippen LogP contribution in [0.4, 0.5) is 0 Å². The van der Waals surface area contributed by atoms with Gasteiger partial charge in [0.2, 0.25) is 5.88 Å². The van der Waals surface area contributed by atoms with E-state index in [-0.39, 0.29) is 18.3 Å². The van der Waals surface area contributed by atoms with Gasteiger partial charge in [-0.05, 0) is 12.1 Å².